The van der Waals surface area contributed by atoms with Crippen molar-refractivity contribution in [1.82, 2.24) is 9.97 Å². The first-order valence-corrected chi connectivity index (χ1v) is 4.60. The molecule has 0 amide bonds. The number of rotatable bonds is 1. The molecular formula is C10H10F2N2O. The van der Waals surface area contributed by atoms with Crippen LogP contribution < -0.4 is 5.69 Å². The zero-order valence-electron chi connectivity index (χ0n) is 8.32. The van der Waals surface area contributed by atoms with Gasteiger partial charge >= 0.3 is 5.69 Å². The first-order valence-electron chi connectivity index (χ1n) is 4.60. The van der Waals surface area contributed by atoms with Gasteiger partial charge in [0.05, 0.1) is 11.0 Å². The van der Waals surface area contributed by atoms with Crippen LogP contribution in [0.3, 0.4) is 0 Å². The summed E-state index contributed by atoms with van der Waals surface area (Å²) in [4.78, 5) is 15.9. The maximum absolute atomic E-state index is 13.5. The van der Waals surface area contributed by atoms with Crippen LogP contribution in [0, 0.1) is 11.6 Å². The Kier molecular flexibility index (Phi) is 2.10. The summed E-state index contributed by atoms with van der Waals surface area (Å²) in [6.07, 6.45) is 0. The van der Waals surface area contributed by atoms with E-state index in [-0.39, 0.29) is 11.5 Å². The Morgan fingerprint density at radius 1 is 1.27 bits per heavy atom. The van der Waals surface area contributed by atoms with Crippen molar-refractivity contribution in [3.8, 4) is 0 Å². The lowest BCUT2D eigenvalue weighted by Gasteiger charge is -2.08. The topological polar surface area (TPSA) is 48.6 Å². The molecule has 0 radical (unpaired) electrons. The molecule has 1 aromatic carbocycles. The molecular weight excluding hydrogens is 202 g/mol. The van der Waals surface area contributed by atoms with Crippen molar-refractivity contribution in [3.05, 3.63) is 33.7 Å². The summed E-state index contributed by atoms with van der Waals surface area (Å²) in [6.45, 7) is 3.48. The van der Waals surface area contributed by atoms with Crippen molar-refractivity contribution in [2.24, 2.45) is 0 Å². The molecule has 0 saturated heterocycles. The molecule has 80 valence electrons. The third-order valence-corrected chi connectivity index (χ3v) is 2.32. The minimum Gasteiger partial charge on any atom is -0.306 e. The van der Waals surface area contributed by atoms with Gasteiger partial charge in [0.15, 0.2) is 11.6 Å². The normalized spacial score (nSPS) is 11.5. The molecule has 1 aromatic heterocycles. The van der Waals surface area contributed by atoms with Crippen LogP contribution in [0.5, 0.6) is 0 Å². The van der Waals surface area contributed by atoms with Gasteiger partial charge in [-0.15, -0.1) is 0 Å². The molecule has 2 N–H and O–H groups in total. The van der Waals surface area contributed by atoms with Crippen LogP contribution in [-0.4, -0.2) is 9.97 Å². The lowest BCUT2D eigenvalue weighted by molar-refractivity contribution is 0.496. The highest BCUT2D eigenvalue weighted by atomic mass is 19.2. The van der Waals surface area contributed by atoms with Crippen LogP contribution in [0.1, 0.15) is 25.3 Å². The minimum absolute atomic E-state index is 0.198. The number of halogens is 2. The van der Waals surface area contributed by atoms with Gasteiger partial charge in [0, 0.05) is 11.6 Å². The van der Waals surface area contributed by atoms with Crippen LogP contribution in [0.2, 0.25) is 0 Å². The summed E-state index contributed by atoms with van der Waals surface area (Å²) in [6, 6.07) is 0.981. The quantitative estimate of drug-likeness (QED) is 0.748. The van der Waals surface area contributed by atoms with Crippen LogP contribution in [0.25, 0.3) is 11.0 Å². The van der Waals surface area contributed by atoms with Crippen LogP contribution in [-0.2, 0) is 0 Å². The highest BCUT2D eigenvalue weighted by Crippen LogP contribution is 2.27. The van der Waals surface area contributed by atoms with E-state index in [1.807, 2.05) is 0 Å². The third kappa shape index (κ3) is 1.44. The zero-order valence-corrected chi connectivity index (χ0v) is 8.32. The number of fused-ring (bicyclic) bond motifs is 1. The van der Waals surface area contributed by atoms with Gasteiger partial charge in [-0.3, -0.25) is 0 Å². The molecule has 0 saturated carbocycles. The van der Waals surface area contributed by atoms with Crippen molar-refractivity contribution >= 4 is 11.0 Å². The van der Waals surface area contributed by atoms with Gasteiger partial charge in [-0.05, 0) is 5.92 Å². The second kappa shape index (κ2) is 3.18. The van der Waals surface area contributed by atoms with E-state index in [1.165, 1.54) is 0 Å². The monoisotopic (exact) mass is 212 g/mol. The molecule has 2 rings (SSSR count). The SMILES string of the molecule is CC(C)c1c(F)c(F)cc2[nH]c(=O)[nH]c12. The predicted octanol–water partition coefficient (Wildman–Crippen LogP) is 2.26. The molecule has 1 heterocycles. The fourth-order valence-corrected chi connectivity index (χ4v) is 1.69. The summed E-state index contributed by atoms with van der Waals surface area (Å²) in [5, 5.41) is 0. The highest BCUT2D eigenvalue weighted by molar-refractivity contribution is 5.79. The van der Waals surface area contributed by atoms with E-state index >= 15 is 0 Å². The second-order valence-corrected chi connectivity index (χ2v) is 3.74. The van der Waals surface area contributed by atoms with E-state index in [1.54, 1.807) is 13.8 Å². The molecule has 15 heavy (non-hydrogen) atoms. The van der Waals surface area contributed by atoms with E-state index in [4.69, 9.17) is 0 Å². The average Bonchev–Trinajstić information content (AvgIpc) is 2.46. The van der Waals surface area contributed by atoms with Crippen molar-refractivity contribution < 1.29 is 8.78 Å². The van der Waals surface area contributed by atoms with Gasteiger partial charge in [-0.2, -0.15) is 0 Å². The summed E-state index contributed by atoms with van der Waals surface area (Å²) >= 11 is 0. The van der Waals surface area contributed by atoms with Crippen molar-refractivity contribution in [3.63, 3.8) is 0 Å². The fraction of sp³-hybridized carbons (Fsp3) is 0.300. The molecule has 0 aliphatic carbocycles. The number of aromatic nitrogens is 2. The number of imidazole rings is 1. The van der Waals surface area contributed by atoms with Gasteiger partial charge in [-0.1, -0.05) is 13.8 Å². The van der Waals surface area contributed by atoms with Crippen molar-refractivity contribution in [2.45, 2.75) is 19.8 Å². The summed E-state index contributed by atoms with van der Waals surface area (Å²) in [5.41, 5.74) is 0.372. The number of benzene rings is 1. The Morgan fingerprint density at radius 2 is 1.93 bits per heavy atom. The first-order chi connectivity index (χ1) is 7.00. The van der Waals surface area contributed by atoms with Crippen LogP contribution in [0.15, 0.2) is 10.9 Å². The number of aromatic amines is 2. The van der Waals surface area contributed by atoms with Gasteiger partial charge in [0.1, 0.15) is 0 Å². The number of nitrogens with one attached hydrogen (secondary N) is 2. The molecule has 0 bridgehead atoms. The summed E-state index contributed by atoms with van der Waals surface area (Å²) in [7, 11) is 0. The predicted molar refractivity (Wildman–Crippen MR) is 52.9 cm³/mol. The fourth-order valence-electron chi connectivity index (χ4n) is 1.69. The van der Waals surface area contributed by atoms with E-state index in [0.29, 0.717) is 11.0 Å². The molecule has 0 fully saturated rings. The Labute approximate surface area is 84.1 Å². The number of hydrogen-bond donors (Lipinski definition) is 2. The molecule has 0 aliphatic heterocycles. The largest absolute Gasteiger partial charge is 0.323 e. The Balaban J connectivity index is 2.94. The number of H-pyrrole nitrogens is 2. The lowest BCUT2D eigenvalue weighted by atomic mass is 10.0. The maximum Gasteiger partial charge on any atom is 0.323 e. The lowest BCUT2D eigenvalue weighted by Crippen LogP contribution is -2.01. The molecule has 5 heteroatoms. The highest BCUT2D eigenvalue weighted by Gasteiger charge is 2.17. The van der Waals surface area contributed by atoms with E-state index in [0.717, 1.165) is 6.07 Å². The Morgan fingerprint density at radius 3 is 2.53 bits per heavy atom. The van der Waals surface area contributed by atoms with Crippen LogP contribution in [0.4, 0.5) is 8.78 Å². The molecule has 0 unspecified atom stereocenters. The molecule has 3 nitrogen and oxygen atoms in total. The standard InChI is InChI=1S/C10H10F2N2O/c1-4(2)7-8(12)5(11)3-6-9(7)14-10(15)13-6/h3-4H,1-2H3,(H2,13,14,15). The summed E-state index contributed by atoms with van der Waals surface area (Å²) < 4.78 is 26.6. The Hall–Kier alpha value is -1.65. The molecule has 0 aliphatic rings. The van der Waals surface area contributed by atoms with E-state index in [9.17, 15) is 13.6 Å². The van der Waals surface area contributed by atoms with Gasteiger partial charge in [0.2, 0.25) is 0 Å². The summed E-state index contributed by atoms with van der Waals surface area (Å²) in [5.74, 6) is -2.04. The van der Waals surface area contributed by atoms with Crippen molar-refractivity contribution in [2.75, 3.05) is 0 Å². The Bertz CT molecular complexity index is 569. The second-order valence-electron chi connectivity index (χ2n) is 3.74. The zero-order chi connectivity index (χ0) is 11.2. The van der Waals surface area contributed by atoms with E-state index < -0.39 is 17.3 Å². The van der Waals surface area contributed by atoms with Gasteiger partial charge in [0.25, 0.3) is 0 Å². The smallest absolute Gasteiger partial charge is 0.306 e. The first kappa shape index (κ1) is 9.89. The van der Waals surface area contributed by atoms with E-state index in [2.05, 4.69) is 9.97 Å². The molecule has 2 aromatic rings. The van der Waals surface area contributed by atoms with Crippen molar-refractivity contribution in [1.29, 1.82) is 0 Å². The molecule has 0 spiro atoms. The number of hydrogen-bond acceptors (Lipinski definition) is 1. The minimum atomic E-state index is -0.943. The van der Waals surface area contributed by atoms with Gasteiger partial charge < -0.3 is 9.97 Å². The maximum atomic E-state index is 13.5. The van der Waals surface area contributed by atoms with Crippen LogP contribution >= 0.6 is 0 Å². The third-order valence-electron chi connectivity index (χ3n) is 2.32. The molecule has 0 atom stereocenters. The average molecular weight is 212 g/mol. The van der Waals surface area contributed by atoms with Gasteiger partial charge in [-0.25, -0.2) is 13.6 Å².